The number of hydrogen-bond acceptors (Lipinski definition) is 8. The van der Waals surface area contributed by atoms with Crippen LogP contribution in [0.1, 0.15) is 16.7 Å². The van der Waals surface area contributed by atoms with Crippen molar-refractivity contribution in [1.82, 2.24) is 9.62 Å². The second-order valence-corrected chi connectivity index (χ2v) is 9.09. The first-order valence-corrected chi connectivity index (χ1v) is 11.3. The molecule has 0 amide bonds. The normalized spacial score (nSPS) is 15.5. The van der Waals surface area contributed by atoms with Crippen molar-refractivity contribution in [3.8, 4) is 28.7 Å². The zero-order chi connectivity index (χ0) is 22.2. The maximum atomic E-state index is 13.4. The molecule has 4 rings (SSSR count). The Labute approximate surface area is 181 Å². The number of nitrogens with one attached hydrogen (secondary N) is 1. The van der Waals surface area contributed by atoms with Crippen LogP contribution in [0.3, 0.4) is 0 Å². The molecule has 31 heavy (non-hydrogen) atoms. The van der Waals surface area contributed by atoms with E-state index in [-0.39, 0.29) is 24.0 Å². The van der Waals surface area contributed by atoms with Crippen molar-refractivity contribution in [2.75, 3.05) is 41.7 Å². The summed E-state index contributed by atoms with van der Waals surface area (Å²) in [5, 5.41) is 0. The molecule has 0 aromatic heterocycles. The lowest BCUT2D eigenvalue weighted by Crippen LogP contribution is -2.31. The molecule has 2 aromatic carbocycles. The van der Waals surface area contributed by atoms with Gasteiger partial charge in [0.15, 0.2) is 23.0 Å². The minimum atomic E-state index is -3.90. The lowest BCUT2D eigenvalue weighted by Gasteiger charge is -2.29. The summed E-state index contributed by atoms with van der Waals surface area (Å²) in [7, 11) is 2.71. The van der Waals surface area contributed by atoms with Crippen molar-refractivity contribution in [3.05, 3.63) is 34.9 Å². The number of methoxy groups -OCH3 is 3. The third-order valence-electron chi connectivity index (χ3n) is 5.50. The van der Waals surface area contributed by atoms with Gasteiger partial charge in [0.25, 0.3) is 0 Å². The standard InChI is InChI=1S/C21H26N2O7S/c1-23-8-7-14-15(11-23)18(28-4)19-20(30-12-29-19)21(14)31(24,25)22-10-13-5-6-16(26-2)17(9-13)27-3/h5-6,9,22H,7-8,10-12H2,1-4H3. The SMILES string of the molecule is COc1ccc(CNS(=O)(=O)c2c3c(c(OC)c4c2OCO4)CN(C)CC3)cc1OC. The Morgan fingerprint density at radius 1 is 1.03 bits per heavy atom. The Morgan fingerprint density at radius 2 is 1.77 bits per heavy atom. The molecule has 2 aliphatic rings. The number of ether oxygens (including phenoxy) is 5. The van der Waals surface area contributed by atoms with Crippen LogP contribution in [0.15, 0.2) is 23.1 Å². The number of benzene rings is 2. The fourth-order valence-electron chi connectivity index (χ4n) is 3.99. The fraction of sp³-hybridized carbons (Fsp3) is 0.429. The molecule has 0 aliphatic carbocycles. The van der Waals surface area contributed by atoms with E-state index >= 15 is 0 Å². The average molecular weight is 451 g/mol. The van der Waals surface area contributed by atoms with Gasteiger partial charge in [-0.3, -0.25) is 0 Å². The minimum Gasteiger partial charge on any atom is -0.493 e. The largest absolute Gasteiger partial charge is 0.493 e. The van der Waals surface area contributed by atoms with Crippen molar-refractivity contribution in [1.29, 1.82) is 0 Å². The Morgan fingerprint density at radius 3 is 2.48 bits per heavy atom. The second kappa shape index (κ2) is 8.45. The third-order valence-corrected chi connectivity index (χ3v) is 6.99. The van der Waals surface area contributed by atoms with Gasteiger partial charge >= 0.3 is 0 Å². The summed E-state index contributed by atoms with van der Waals surface area (Å²) in [6, 6.07) is 5.26. The lowest BCUT2D eigenvalue weighted by molar-refractivity contribution is 0.169. The highest BCUT2D eigenvalue weighted by atomic mass is 32.2. The molecule has 168 valence electrons. The number of sulfonamides is 1. The van der Waals surface area contributed by atoms with E-state index in [2.05, 4.69) is 9.62 Å². The molecular weight excluding hydrogens is 424 g/mol. The van der Waals surface area contributed by atoms with Crippen LogP contribution in [-0.4, -0.2) is 55.0 Å². The monoisotopic (exact) mass is 450 g/mol. The first-order valence-electron chi connectivity index (χ1n) is 9.80. The highest BCUT2D eigenvalue weighted by Gasteiger charge is 2.37. The van der Waals surface area contributed by atoms with E-state index in [0.29, 0.717) is 41.5 Å². The van der Waals surface area contributed by atoms with Gasteiger partial charge in [0, 0.05) is 25.2 Å². The number of likely N-dealkylation sites (N-methyl/N-ethyl adjacent to an activating group) is 1. The van der Waals surface area contributed by atoms with E-state index in [4.69, 9.17) is 23.7 Å². The van der Waals surface area contributed by atoms with Crippen molar-refractivity contribution in [2.45, 2.75) is 24.4 Å². The maximum Gasteiger partial charge on any atom is 0.245 e. The van der Waals surface area contributed by atoms with E-state index in [0.717, 1.165) is 17.7 Å². The molecule has 0 saturated carbocycles. The van der Waals surface area contributed by atoms with Crippen LogP contribution < -0.4 is 28.4 Å². The highest BCUT2D eigenvalue weighted by Crippen LogP contribution is 2.51. The fourth-order valence-corrected chi connectivity index (χ4v) is 5.43. The molecule has 0 fully saturated rings. The highest BCUT2D eigenvalue weighted by molar-refractivity contribution is 7.89. The van der Waals surface area contributed by atoms with Gasteiger partial charge in [0.2, 0.25) is 22.6 Å². The average Bonchev–Trinajstić information content (AvgIpc) is 3.24. The topological polar surface area (TPSA) is 95.6 Å². The Kier molecular flexibility index (Phi) is 5.87. The molecule has 0 unspecified atom stereocenters. The van der Waals surface area contributed by atoms with Crippen molar-refractivity contribution in [2.24, 2.45) is 0 Å². The summed E-state index contributed by atoms with van der Waals surface area (Å²) in [5.74, 6) is 2.18. The first-order chi connectivity index (χ1) is 14.9. The Balaban J connectivity index is 1.72. The van der Waals surface area contributed by atoms with E-state index < -0.39 is 10.0 Å². The molecule has 0 bridgehead atoms. The first kappa shape index (κ1) is 21.5. The number of fused-ring (bicyclic) bond motifs is 2. The van der Waals surface area contributed by atoms with Crippen molar-refractivity contribution >= 4 is 10.0 Å². The summed E-state index contributed by atoms with van der Waals surface area (Å²) in [6.07, 6.45) is 0.561. The molecule has 0 spiro atoms. The van der Waals surface area contributed by atoms with Gasteiger partial charge in [-0.25, -0.2) is 13.1 Å². The van der Waals surface area contributed by atoms with Crippen LogP contribution in [0.5, 0.6) is 28.7 Å². The second-order valence-electron chi connectivity index (χ2n) is 7.39. The molecule has 2 aliphatic heterocycles. The lowest BCUT2D eigenvalue weighted by atomic mass is 9.97. The van der Waals surface area contributed by atoms with Gasteiger partial charge in [-0.2, -0.15) is 0 Å². The smallest absolute Gasteiger partial charge is 0.245 e. The van der Waals surface area contributed by atoms with Crippen molar-refractivity contribution < 1.29 is 32.1 Å². The van der Waals surface area contributed by atoms with E-state index in [9.17, 15) is 8.42 Å². The van der Waals surface area contributed by atoms with Gasteiger partial charge in [0.05, 0.1) is 21.3 Å². The van der Waals surface area contributed by atoms with Crippen LogP contribution in [0.25, 0.3) is 0 Å². The number of nitrogens with zero attached hydrogens (tertiary/aromatic N) is 1. The number of hydrogen-bond donors (Lipinski definition) is 1. The van der Waals surface area contributed by atoms with Gasteiger partial charge in [-0.05, 0) is 36.7 Å². The van der Waals surface area contributed by atoms with Crippen LogP contribution in [0.2, 0.25) is 0 Å². The molecule has 10 heteroatoms. The Bertz CT molecular complexity index is 1100. The molecule has 1 N–H and O–H groups in total. The van der Waals surface area contributed by atoms with Gasteiger partial charge in [-0.1, -0.05) is 6.07 Å². The van der Waals surface area contributed by atoms with E-state index in [1.54, 1.807) is 32.4 Å². The molecule has 0 saturated heterocycles. The minimum absolute atomic E-state index is 0.0530. The van der Waals surface area contributed by atoms with Gasteiger partial charge in [0.1, 0.15) is 4.90 Å². The summed E-state index contributed by atoms with van der Waals surface area (Å²) >= 11 is 0. The maximum absolute atomic E-state index is 13.4. The van der Waals surface area contributed by atoms with E-state index in [1.807, 2.05) is 7.05 Å². The van der Waals surface area contributed by atoms with Crippen LogP contribution in [0.4, 0.5) is 0 Å². The van der Waals surface area contributed by atoms with Crippen LogP contribution >= 0.6 is 0 Å². The van der Waals surface area contributed by atoms with E-state index in [1.165, 1.54) is 7.11 Å². The van der Waals surface area contributed by atoms with Gasteiger partial charge in [-0.15, -0.1) is 0 Å². The molecule has 9 nitrogen and oxygen atoms in total. The zero-order valence-electron chi connectivity index (χ0n) is 18.0. The molecule has 0 radical (unpaired) electrons. The number of rotatable bonds is 7. The third kappa shape index (κ3) is 3.86. The van der Waals surface area contributed by atoms with Crippen molar-refractivity contribution in [3.63, 3.8) is 0 Å². The van der Waals surface area contributed by atoms with Crippen LogP contribution in [0, 0.1) is 0 Å². The predicted octanol–water partition coefficient (Wildman–Crippen LogP) is 1.91. The Hall–Kier alpha value is -2.69. The molecule has 2 heterocycles. The molecular formula is C21H26N2O7S. The van der Waals surface area contributed by atoms with Gasteiger partial charge < -0.3 is 28.6 Å². The van der Waals surface area contributed by atoms with Crippen LogP contribution in [-0.2, 0) is 29.5 Å². The summed E-state index contributed by atoms with van der Waals surface area (Å²) < 4.78 is 56.9. The molecule has 0 atom stereocenters. The summed E-state index contributed by atoms with van der Waals surface area (Å²) in [4.78, 5) is 2.24. The molecule has 2 aromatic rings. The summed E-state index contributed by atoms with van der Waals surface area (Å²) in [5.41, 5.74) is 2.25. The summed E-state index contributed by atoms with van der Waals surface area (Å²) in [6.45, 7) is 1.32. The predicted molar refractivity (Wildman–Crippen MR) is 113 cm³/mol. The quantitative estimate of drug-likeness (QED) is 0.684. The zero-order valence-corrected chi connectivity index (χ0v) is 18.8.